The van der Waals surface area contributed by atoms with Crippen LogP contribution < -0.4 is 0 Å². The van der Waals surface area contributed by atoms with Crippen molar-refractivity contribution in [2.75, 3.05) is 0 Å². The first-order chi connectivity index (χ1) is 15.9. The molecule has 11 atom stereocenters. The molecule has 1 N–H and O–H groups in total. The van der Waals surface area contributed by atoms with Crippen LogP contribution in [0.3, 0.4) is 0 Å². The van der Waals surface area contributed by atoms with Gasteiger partial charge in [-0.3, -0.25) is 4.79 Å². The number of Topliss-reactive ketones (excluding diaryl/α,β-unsaturated/α-hetero) is 1. The molecule has 0 aromatic rings. The van der Waals surface area contributed by atoms with E-state index in [1.807, 2.05) is 20.8 Å². The first-order valence-electron chi connectivity index (χ1n) is 14.8. The van der Waals surface area contributed by atoms with Gasteiger partial charge in [0.2, 0.25) is 0 Å². The molecule has 34 heavy (non-hydrogen) atoms. The fourth-order valence-electron chi connectivity index (χ4n) is 10.7. The third-order valence-corrected chi connectivity index (χ3v) is 13.3. The maximum Gasteiger partial charge on any atom is 0.136 e. The lowest BCUT2D eigenvalue weighted by molar-refractivity contribution is -0.183. The summed E-state index contributed by atoms with van der Waals surface area (Å²) in [5.41, 5.74) is 2.41. The van der Waals surface area contributed by atoms with Gasteiger partial charge in [0.15, 0.2) is 0 Å². The minimum Gasteiger partial charge on any atom is -0.393 e. The van der Waals surface area contributed by atoms with E-state index in [0.717, 1.165) is 19.3 Å². The molecule has 5 aliphatic rings. The van der Waals surface area contributed by atoms with Gasteiger partial charge < -0.3 is 5.11 Å². The van der Waals surface area contributed by atoms with Crippen molar-refractivity contribution in [2.24, 2.45) is 57.2 Å². The highest BCUT2D eigenvalue weighted by Crippen LogP contribution is 2.74. The summed E-state index contributed by atoms with van der Waals surface area (Å²) < 4.78 is 0. The smallest absolute Gasteiger partial charge is 0.136 e. The van der Waals surface area contributed by atoms with Crippen LogP contribution >= 0.6 is 0 Å². The molecule has 194 valence electrons. The van der Waals surface area contributed by atoms with Crippen LogP contribution in [0.15, 0.2) is 11.6 Å². The molecule has 9 unspecified atom stereocenters. The third kappa shape index (κ3) is 3.25. The SMILES string of the molecule is CC.CC(=O)C12CC[C@@H](C)C(C)C1C1=CCC3C4(C)CCC(O)C(C)C4CCC3(C)[C@]1(C)CC2. The van der Waals surface area contributed by atoms with Crippen molar-refractivity contribution in [3.05, 3.63) is 11.6 Å². The number of hydrogen-bond donors (Lipinski definition) is 1. The summed E-state index contributed by atoms with van der Waals surface area (Å²) in [7, 11) is 0. The predicted molar refractivity (Wildman–Crippen MR) is 142 cm³/mol. The van der Waals surface area contributed by atoms with Crippen molar-refractivity contribution in [1.82, 2.24) is 0 Å². The van der Waals surface area contributed by atoms with E-state index in [0.29, 0.717) is 52.1 Å². The van der Waals surface area contributed by atoms with Gasteiger partial charge in [-0.15, -0.1) is 0 Å². The molecular weight excluding hydrogens is 416 g/mol. The summed E-state index contributed by atoms with van der Waals surface area (Å²) in [5.74, 6) is 3.97. The van der Waals surface area contributed by atoms with Gasteiger partial charge in [0.1, 0.15) is 5.78 Å². The minimum absolute atomic E-state index is 0.106. The number of carbonyl (C=O) groups is 1. The number of fused-ring (bicyclic) bond motifs is 7. The molecule has 0 heterocycles. The zero-order valence-corrected chi connectivity index (χ0v) is 23.8. The zero-order valence-electron chi connectivity index (χ0n) is 23.8. The number of aliphatic hydroxyl groups excluding tert-OH is 1. The van der Waals surface area contributed by atoms with Gasteiger partial charge in [0, 0.05) is 5.41 Å². The Morgan fingerprint density at radius 3 is 2.24 bits per heavy atom. The predicted octanol–water partition coefficient (Wildman–Crippen LogP) is 8.23. The van der Waals surface area contributed by atoms with Crippen molar-refractivity contribution in [3.63, 3.8) is 0 Å². The highest BCUT2D eigenvalue weighted by Gasteiger charge is 2.67. The Balaban J connectivity index is 0.00000133. The second-order valence-corrected chi connectivity index (χ2v) is 13.9. The van der Waals surface area contributed by atoms with Crippen LogP contribution in [0, 0.1) is 57.2 Å². The van der Waals surface area contributed by atoms with E-state index in [9.17, 15) is 9.90 Å². The number of allylic oxidation sites excluding steroid dienone is 2. The zero-order chi connectivity index (χ0) is 25.3. The van der Waals surface area contributed by atoms with E-state index in [-0.39, 0.29) is 16.9 Å². The quantitative estimate of drug-likeness (QED) is 0.392. The van der Waals surface area contributed by atoms with Crippen LogP contribution in [0.1, 0.15) is 120 Å². The maximum atomic E-state index is 13.2. The van der Waals surface area contributed by atoms with Crippen LogP contribution in [0.2, 0.25) is 0 Å². The Kier molecular flexibility index (Phi) is 6.80. The van der Waals surface area contributed by atoms with E-state index in [1.165, 1.54) is 38.5 Å². The monoisotopic (exact) mass is 470 g/mol. The average molecular weight is 471 g/mol. The van der Waals surface area contributed by atoms with Crippen molar-refractivity contribution < 1.29 is 9.90 Å². The molecule has 0 aliphatic heterocycles. The Labute approximate surface area is 210 Å². The van der Waals surface area contributed by atoms with Crippen molar-refractivity contribution in [2.45, 2.75) is 126 Å². The van der Waals surface area contributed by atoms with E-state index in [4.69, 9.17) is 0 Å². The molecule has 5 rings (SSSR count). The summed E-state index contributed by atoms with van der Waals surface area (Å²) in [6.45, 7) is 20.9. The maximum absolute atomic E-state index is 13.2. The number of carbonyl (C=O) groups excluding carboxylic acids is 1. The highest BCUT2D eigenvalue weighted by molar-refractivity contribution is 5.84. The average Bonchev–Trinajstić information content (AvgIpc) is 2.80. The summed E-state index contributed by atoms with van der Waals surface area (Å²) in [6, 6.07) is 0. The van der Waals surface area contributed by atoms with E-state index < -0.39 is 0 Å². The number of rotatable bonds is 1. The second kappa shape index (κ2) is 8.74. The molecule has 0 radical (unpaired) electrons. The molecule has 0 bridgehead atoms. The summed E-state index contributed by atoms with van der Waals surface area (Å²) in [5, 5.41) is 10.6. The topological polar surface area (TPSA) is 37.3 Å². The van der Waals surface area contributed by atoms with E-state index in [2.05, 4.69) is 47.6 Å². The van der Waals surface area contributed by atoms with Crippen LogP contribution in [0.5, 0.6) is 0 Å². The highest BCUT2D eigenvalue weighted by atomic mass is 16.3. The van der Waals surface area contributed by atoms with Gasteiger partial charge >= 0.3 is 0 Å². The lowest BCUT2D eigenvalue weighted by Gasteiger charge is -2.70. The van der Waals surface area contributed by atoms with Gasteiger partial charge in [-0.25, -0.2) is 0 Å². The van der Waals surface area contributed by atoms with Crippen molar-refractivity contribution in [1.29, 1.82) is 0 Å². The number of hydrogen-bond acceptors (Lipinski definition) is 2. The molecule has 4 saturated carbocycles. The van der Waals surface area contributed by atoms with Gasteiger partial charge in [0.25, 0.3) is 0 Å². The molecule has 0 amide bonds. The number of ketones is 1. The molecule has 4 fully saturated rings. The first-order valence-corrected chi connectivity index (χ1v) is 14.8. The fourth-order valence-corrected chi connectivity index (χ4v) is 10.7. The van der Waals surface area contributed by atoms with Crippen molar-refractivity contribution in [3.8, 4) is 0 Å². The third-order valence-electron chi connectivity index (χ3n) is 13.3. The van der Waals surface area contributed by atoms with Gasteiger partial charge in [-0.05, 0) is 116 Å². The molecule has 2 nitrogen and oxygen atoms in total. The van der Waals surface area contributed by atoms with Gasteiger partial charge in [-0.2, -0.15) is 0 Å². The molecular formula is C32H54O2. The molecule has 0 spiro atoms. The summed E-state index contributed by atoms with van der Waals surface area (Å²) in [6.07, 6.45) is 13.0. The van der Waals surface area contributed by atoms with Crippen molar-refractivity contribution >= 4 is 5.78 Å². The molecule has 0 saturated heterocycles. The molecule has 2 heteroatoms. The fraction of sp³-hybridized carbons (Fsp3) is 0.906. The molecule has 5 aliphatic carbocycles. The Morgan fingerprint density at radius 1 is 0.912 bits per heavy atom. The van der Waals surface area contributed by atoms with Crippen LogP contribution in [-0.4, -0.2) is 17.0 Å². The Bertz CT molecular complexity index is 829. The second-order valence-electron chi connectivity index (χ2n) is 13.9. The number of aliphatic hydroxyl groups is 1. The lowest BCUT2D eigenvalue weighted by Crippen LogP contribution is -2.64. The van der Waals surface area contributed by atoms with Gasteiger partial charge in [-0.1, -0.05) is 67.0 Å². The summed E-state index contributed by atoms with van der Waals surface area (Å²) >= 11 is 0. The van der Waals surface area contributed by atoms with Gasteiger partial charge in [0.05, 0.1) is 6.10 Å². The standard InChI is InChI=1S/C30H48O2.C2H6/c1-18-10-15-30(21(4)31)17-16-28(6)23(26(30)19(18)2)8-9-25-27(5)13-12-24(32)20(3)22(27)11-14-29(25,28)7;1-2/h8,18-20,22,24-26,32H,9-17H2,1-7H3;1-2H3/t18-,19?,20?,22?,24?,25?,26?,27?,28-,29?,30?;/m1./s1. The van der Waals surface area contributed by atoms with Crippen LogP contribution in [-0.2, 0) is 4.79 Å². The van der Waals surface area contributed by atoms with Crippen LogP contribution in [0.4, 0.5) is 0 Å². The summed E-state index contributed by atoms with van der Waals surface area (Å²) in [4.78, 5) is 13.2. The van der Waals surface area contributed by atoms with Crippen LogP contribution in [0.25, 0.3) is 0 Å². The van der Waals surface area contributed by atoms with E-state index >= 15 is 0 Å². The molecule has 0 aromatic heterocycles. The largest absolute Gasteiger partial charge is 0.393 e. The minimum atomic E-state index is -0.113. The molecule has 0 aromatic carbocycles. The normalized spacial score (nSPS) is 54.2. The first kappa shape index (κ1) is 26.4. The Morgan fingerprint density at radius 2 is 1.59 bits per heavy atom. The Hall–Kier alpha value is -0.630. The van der Waals surface area contributed by atoms with E-state index in [1.54, 1.807) is 5.57 Å². The lowest BCUT2D eigenvalue weighted by atomic mass is 9.34.